The SMILES string of the molecule is O=C(Nc1nc(-c2c[nH]c3ccccc23)cs1)c1ccc2nncn2c1. The van der Waals surface area contributed by atoms with Crippen LogP contribution >= 0.6 is 11.3 Å². The molecule has 4 aromatic heterocycles. The number of hydrogen-bond acceptors (Lipinski definition) is 5. The maximum absolute atomic E-state index is 12.5. The number of para-hydroxylation sites is 1. The predicted octanol–water partition coefficient (Wildman–Crippen LogP) is 3.59. The zero-order chi connectivity index (χ0) is 17.5. The molecule has 0 aliphatic heterocycles. The summed E-state index contributed by atoms with van der Waals surface area (Å²) >= 11 is 1.40. The van der Waals surface area contributed by atoms with E-state index in [1.54, 1.807) is 29.1 Å². The highest BCUT2D eigenvalue weighted by Gasteiger charge is 2.13. The van der Waals surface area contributed by atoms with Gasteiger partial charge >= 0.3 is 0 Å². The Labute approximate surface area is 151 Å². The lowest BCUT2D eigenvalue weighted by atomic mass is 10.1. The van der Waals surface area contributed by atoms with Crippen molar-refractivity contribution in [2.24, 2.45) is 0 Å². The van der Waals surface area contributed by atoms with Gasteiger partial charge in [-0.25, -0.2) is 4.98 Å². The van der Waals surface area contributed by atoms with Gasteiger partial charge < -0.3 is 4.98 Å². The number of nitrogens with one attached hydrogen (secondary N) is 2. The summed E-state index contributed by atoms with van der Waals surface area (Å²) in [5, 5.41) is 14.2. The van der Waals surface area contributed by atoms with E-state index in [2.05, 4.69) is 25.5 Å². The van der Waals surface area contributed by atoms with Crippen molar-refractivity contribution in [3.8, 4) is 11.3 Å². The highest BCUT2D eigenvalue weighted by Crippen LogP contribution is 2.31. The summed E-state index contributed by atoms with van der Waals surface area (Å²) in [7, 11) is 0. The minimum absolute atomic E-state index is 0.222. The molecule has 0 bridgehead atoms. The molecule has 8 heteroatoms. The van der Waals surface area contributed by atoms with Crippen LogP contribution in [0.4, 0.5) is 5.13 Å². The van der Waals surface area contributed by atoms with Crippen molar-refractivity contribution in [1.82, 2.24) is 24.6 Å². The number of rotatable bonds is 3. The molecule has 7 nitrogen and oxygen atoms in total. The Morgan fingerprint density at radius 3 is 3.08 bits per heavy atom. The Morgan fingerprint density at radius 1 is 1.19 bits per heavy atom. The monoisotopic (exact) mass is 360 g/mol. The molecule has 1 aromatic carbocycles. The highest BCUT2D eigenvalue weighted by molar-refractivity contribution is 7.14. The number of anilines is 1. The molecule has 1 amide bonds. The van der Waals surface area contributed by atoms with E-state index in [1.165, 1.54) is 11.3 Å². The molecular formula is C18H12N6OS. The minimum Gasteiger partial charge on any atom is -0.360 e. The summed E-state index contributed by atoms with van der Waals surface area (Å²) < 4.78 is 1.70. The number of H-pyrrole nitrogens is 1. The second kappa shape index (κ2) is 5.78. The van der Waals surface area contributed by atoms with Crippen LogP contribution in [-0.4, -0.2) is 30.5 Å². The van der Waals surface area contributed by atoms with Crippen LogP contribution in [-0.2, 0) is 0 Å². The number of aromatic nitrogens is 5. The number of hydrogen-bond donors (Lipinski definition) is 2. The van der Waals surface area contributed by atoms with Crippen LogP contribution in [0.5, 0.6) is 0 Å². The maximum Gasteiger partial charge on any atom is 0.258 e. The zero-order valence-electron chi connectivity index (χ0n) is 13.4. The minimum atomic E-state index is -0.222. The largest absolute Gasteiger partial charge is 0.360 e. The van der Waals surface area contributed by atoms with E-state index in [0.29, 0.717) is 16.3 Å². The average Bonchev–Trinajstić information content (AvgIpc) is 3.39. The first-order chi connectivity index (χ1) is 12.8. The lowest BCUT2D eigenvalue weighted by Crippen LogP contribution is -2.12. The van der Waals surface area contributed by atoms with E-state index in [0.717, 1.165) is 22.2 Å². The lowest BCUT2D eigenvalue weighted by Gasteiger charge is -2.02. The molecule has 0 spiro atoms. The number of nitrogens with zero attached hydrogens (tertiary/aromatic N) is 4. The van der Waals surface area contributed by atoms with Gasteiger partial charge in [0.05, 0.1) is 11.3 Å². The van der Waals surface area contributed by atoms with E-state index in [-0.39, 0.29) is 5.91 Å². The van der Waals surface area contributed by atoms with E-state index >= 15 is 0 Å². The molecule has 126 valence electrons. The number of aromatic amines is 1. The molecule has 0 radical (unpaired) electrons. The molecule has 0 saturated carbocycles. The average molecular weight is 360 g/mol. The van der Waals surface area contributed by atoms with Gasteiger partial charge in [0, 0.05) is 34.2 Å². The van der Waals surface area contributed by atoms with Crippen molar-refractivity contribution < 1.29 is 4.79 Å². The number of thiazole rings is 1. The molecule has 5 aromatic rings. The van der Waals surface area contributed by atoms with Gasteiger partial charge in [0.1, 0.15) is 6.33 Å². The van der Waals surface area contributed by atoms with Crippen LogP contribution in [0.25, 0.3) is 27.8 Å². The lowest BCUT2D eigenvalue weighted by molar-refractivity contribution is 0.102. The zero-order valence-corrected chi connectivity index (χ0v) is 14.2. The molecule has 2 N–H and O–H groups in total. The fraction of sp³-hybridized carbons (Fsp3) is 0. The topological polar surface area (TPSA) is 88.0 Å². The van der Waals surface area contributed by atoms with Crippen molar-refractivity contribution in [2.75, 3.05) is 5.32 Å². The number of carbonyl (C=O) groups excluding carboxylic acids is 1. The van der Waals surface area contributed by atoms with E-state index in [1.807, 2.05) is 35.8 Å². The van der Waals surface area contributed by atoms with Crippen molar-refractivity contribution in [3.05, 3.63) is 66.1 Å². The van der Waals surface area contributed by atoms with Gasteiger partial charge in [-0.2, -0.15) is 0 Å². The van der Waals surface area contributed by atoms with Crippen LogP contribution in [0.1, 0.15) is 10.4 Å². The van der Waals surface area contributed by atoms with Gasteiger partial charge in [0.2, 0.25) is 0 Å². The van der Waals surface area contributed by atoms with Crippen LogP contribution < -0.4 is 5.32 Å². The van der Waals surface area contributed by atoms with Crippen LogP contribution in [0.3, 0.4) is 0 Å². The van der Waals surface area contributed by atoms with E-state index < -0.39 is 0 Å². The van der Waals surface area contributed by atoms with Crippen molar-refractivity contribution >= 4 is 38.9 Å². The molecule has 5 rings (SSSR count). The molecule has 0 saturated heterocycles. The smallest absolute Gasteiger partial charge is 0.258 e. The molecule has 26 heavy (non-hydrogen) atoms. The molecule has 0 fully saturated rings. The summed E-state index contributed by atoms with van der Waals surface area (Å²) in [5.74, 6) is -0.222. The quantitative estimate of drug-likeness (QED) is 0.515. The van der Waals surface area contributed by atoms with Gasteiger partial charge in [0.25, 0.3) is 5.91 Å². The summed E-state index contributed by atoms with van der Waals surface area (Å²) in [5.41, 5.74) is 4.11. The van der Waals surface area contributed by atoms with E-state index in [9.17, 15) is 4.79 Å². The third-order valence-corrected chi connectivity index (χ3v) is 4.90. The molecule has 0 unspecified atom stereocenters. The second-order valence-electron chi connectivity index (χ2n) is 5.75. The summed E-state index contributed by atoms with van der Waals surface area (Å²) in [6, 6.07) is 11.5. The first-order valence-corrected chi connectivity index (χ1v) is 8.79. The first kappa shape index (κ1) is 14.8. The van der Waals surface area contributed by atoms with Crippen molar-refractivity contribution in [3.63, 3.8) is 0 Å². The van der Waals surface area contributed by atoms with Crippen molar-refractivity contribution in [1.29, 1.82) is 0 Å². The fourth-order valence-corrected chi connectivity index (χ4v) is 3.57. The number of pyridine rings is 1. The van der Waals surface area contributed by atoms with Gasteiger partial charge in [-0.3, -0.25) is 14.5 Å². The van der Waals surface area contributed by atoms with Crippen LogP contribution in [0.15, 0.2) is 60.5 Å². The Morgan fingerprint density at radius 2 is 2.12 bits per heavy atom. The molecular weight excluding hydrogens is 348 g/mol. The Balaban J connectivity index is 1.42. The molecule has 0 atom stereocenters. The summed E-state index contributed by atoms with van der Waals surface area (Å²) in [6.45, 7) is 0. The Bertz CT molecular complexity index is 1250. The normalized spacial score (nSPS) is 11.2. The molecule has 0 aliphatic carbocycles. The fourth-order valence-electron chi connectivity index (χ4n) is 2.87. The maximum atomic E-state index is 12.5. The molecule has 0 aliphatic rings. The standard InChI is InChI=1S/C18H12N6OS/c25-17(11-5-6-16-23-20-10-24(16)8-11)22-18-21-15(9-26-18)13-7-19-14-4-2-1-3-12(13)14/h1-10,19H,(H,21,22,25). The number of fused-ring (bicyclic) bond motifs is 2. The van der Waals surface area contributed by atoms with Gasteiger partial charge in [-0.05, 0) is 18.2 Å². The second-order valence-corrected chi connectivity index (χ2v) is 6.61. The number of benzene rings is 1. The first-order valence-electron chi connectivity index (χ1n) is 7.91. The Hall–Kier alpha value is -3.52. The highest BCUT2D eigenvalue weighted by atomic mass is 32.1. The predicted molar refractivity (Wildman–Crippen MR) is 100 cm³/mol. The van der Waals surface area contributed by atoms with E-state index in [4.69, 9.17) is 0 Å². The summed E-state index contributed by atoms with van der Waals surface area (Å²) in [6.07, 6.45) is 5.19. The van der Waals surface area contributed by atoms with Gasteiger partial charge in [-0.1, -0.05) is 18.2 Å². The third-order valence-electron chi connectivity index (χ3n) is 4.14. The van der Waals surface area contributed by atoms with Gasteiger partial charge in [-0.15, -0.1) is 21.5 Å². The number of carbonyl (C=O) groups is 1. The number of amides is 1. The third kappa shape index (κ3) is 2.44. The Kier molecular flexibility index (Phi) is 3.29. The molecule has 4 heterocycles. The summed E-state index contributed by atoms with van der Waals surface area (Å²) in [4.78, 5) is 20.3. The van der Waals surface area contributed by atoms with Crippen molar-refractivity contribution in [2.45, 2.75) is 0 Å². The van der Waals surface area contributed by atoms with Crippen LogP contribution in [0, 0.1) is 0 Å². The van der Waals surface area contributed by atoms with Crippen LogP contribution in [0.2, 0.25) is 0 Å². The van der Waals surface area contributed by atoms with Gasteiger partial charge in [0.15, 0.2) is 10.8 Å².